The summed E-state index contributed by atoms with van der Waals surface area (Å²) in [6.45, 7) is 9.50. The highest BCUT2D eigenvalue weighted by Gasteiger charge is 2.20. The summed E-state index contributed by atoms with van der Waals surface area (Å²) in [7, 11) is 0. The van der Waals surface area contributed by atoms with Crippen LogP contribution in [0.25, 0.3) is 22.5 Å². The maximum atomic E-state index is 6.03. The van der Waals surface area contributed by atoms with Crippen LogP contribution in [0.1, 0.15) is 37.8 Å². The molecule has 28 heavy (non-hydrogen) atoms. The zero-order valence-corrected chi connectivity index (χ0v) is 17.2. The lowest BCUT2D eigenvalue weighted by Crippen LogP contribution is -2.07. The van der Waals surface area contributed by atoms with Gasteiger partial charge in [-0.1, -0.05) is 62.4 Å². The first-order chi connectivity index (χ1) is 13.7. The fourth-order valence-corrected chi connectivity index (χ4v) is 3.03. The summed E-state index contributed by atoms with van der Waals surface area (Å²) in [6.07, 6.45) is 1.81. The van der Waals surface area contributed by atoms with Gasteiger partial charge < -0.3 is 9.47 Å². The van der Waals surface area contributed by atoms with E-state index in [9.17, 15) is 0 Å². The van der Waals surface area contributed by atoms with Gasteiger partial charge in [-0.3, -0.25) is 0 Å². The Labute approximate surface area is 167 Å². The van der Waals surface area contributed by atoms with Crippen LogP contribution >= 0.6 is 0 Å². The van der Waals surface area contributed by atoms with Gasteiger partial charge in [0.05, 0.1) is 13.2 Å². The van der Waals surface area contributed by atoms with Crippen LogP contribution in [0.5, 0.6) is 11.8 Å². The molecular weight excluding hydrogens is 348 g/mol. The molecule has 1 heterocycles. The minimum atomic E-state index is 0.554. The molecule has 0 saturated heterocycles. The average molecular weight is 377 g/mol. The number of hydrogen-bond acceptors (Lipinski definition) is 4. The van der Waals surface area contributed by atoms with E-state index in [1.54, 1.807) is 0 Å². The lowest BCUT2D eigenvalue weighted by molar-refractivity contribution is 0.291. The van der Waals surface area contributed by atoms with Gasteiger partial charge in [0.2, 0.25) is 11.8 Å². The number of aromatic nitrogens is 2. The zero-order valence-electron chi connectivity index (χ0n) is 17.2. The van der Waals surface area contributed by atoms with E-state index in [0.717, 1.165) is 46.5 Å². The molecule has 0 unspecified atom stereocenters. The third-order valence-corrected chi connectivity index (χ3v) is 4.52. The number of benzene rings is 2. The van der Waals surface area contributed by atoms with Crippen molar-refractivity contribution in [2.24, 2.45) is 0 Å². The fraction of sp³-hybridized carbons (Fsp3) is 0.333. The summed E-state index contributed by atoms with van der Waals surface area (Å²) in [5, 5.41) is 0. The van der Waals surface area contributed by atoms with Crippen molar-refractivity contribution >= 4 is 0 Å². The molecule has 0 atom stereocenters. The van der Waals surface area contributed by atoms with E-state index in [2.05, 4.69) is 52.0 Å². The fourth-order valence-electron chi connectivity index (χ4n) is 3.03. The number of nitrogens with zero attached hydrogens (tertiary/aromatic N) is 2. The van der Waals surface area contributed by atoms with Crippen LogP contribution in [0.2, 0.25) is 0 Å². The van der Waals surface area contributed by atoms with Crippen LogP contribution in [0.4, 0.5) is 0 Å². The van der Waals surface area contributed by atoms with E-state index < -0.39 is 0 Å². The number of rotatable bonds is 8. The first-order valence-corrected chi connectivity index (χ1v) is 9.95. The number of aryl methyl sites for hydroxylation is 2. The second-order valence-electron chi connectivity index (χ2n) is 6.86. The van der Waals surface area contributed by atoms with Crippen molar-refractivity contribution in [1.82, 2.24) is 9.97 Å². The van der Waals surface area contributed by atoms with Crippen molar-refractivity contribution < 1.29 is 9.47 Å². The second kappa shape index (κ2) is 9.36. The molecule has 1 aromatic heterocycles. The normalized spacial score (nSPS) is 10.7. The van der Waals surface area contributed by atoms with E-state index in [1.807, 2.05) is 24.3 Å². The molecule has 0 aliphatic heterocycles. The van der Waals surface area contributed by atoms with E-state index >= 15 is 0 Å². The Morgan fingerprint density at radius 1 is 0.643 bits per heavy atom. The van der Waals surface area contributed by atoms with Gasteiger partial charge in [-0.2, -0.15) is 0 Å². The highest BCUT2D eigenvalue weighted by atomic mass is 16.5. The molecule has 3 aromatic rings. The van der Waals surface area contributed by atoms with Gasteiger partial charge in [-0.05, 0) is 37.8 Å². The van der Waals surface area contributed by atoms with Gasteiger partial charge in [0.1, 0.15) is 11.4 Å². The number of ether oxygens (including phenoxy) is 2. The molecule has 0 bridgehead atoms. The van der Waals surface area contributed by atoms with E-state index in [1.165, 1.54) is 0 Å². The molecule has 0 amide bonds. The quantitative estimate of drug-likeness (QED) is 0.483. The van der Waals surface area contributed by atoms with Crippen LogP contribution in [0, 0.1) is 13.8 Å². The van der Waals surface area contributed by atoms with Crippen LogP contribution in [-0.4, -0.2) is 23.2 Å². The van der Waals surface area contributed by atoms with Crippen LogP contribution in [0.3, 0.4) is 0 Å². The minimum Gasteiger partial charge on any atom is -0.476 e. The minimum absolute atomic E-state index is 0.554. The Hall–Kier alpha value is -2.88. The van der Waals surface area contributed by atoms with Crippen LogP contribution in [0.15, 0.2) is 48.5 Å². The second-order valence-corrected chi connectivity index (χ2v) is 6.86. The Morgan fingerprint density at radius 2 is 1.04 bits per heavy atom. The van der Waals surface area contributed by atoms with Crippen molar-refractivity contribution in [1.29, 1.82) is 0 Å². The van der Waals surface area contributed by atoms with E-state index in [4.69, 9.17) is 19.4 Å². The third kappa shape index (κ3) is 4.33. The molecule has 4 heteroatoms. The van der Waals surface area contributed by atoms with Gasteiger partial charge in [-0.25, -0.2) is 9.97 Å². The average Bonchev–Trinajstić information content (AvgIpc) is 2.71. The van der Waals surface area contributed by atoms with E-state index in [0.29, 0.717) is 25.0 Å². The summed E-state index contributed by atoms with van der Waals surface area (Å²) in [5.41, 5.74) is 5.74. The molecule has 146 valence electrons. The summed E-state index contributed by atoms with van der Waals surface area (Å²) in [6, 6.07) is 16.3. The Balaban J connectivity index is 2.22. The zero-order chi connectivity index (χ0) is 19.9. The van der Waals surface area contributed by atoms with Crippen molar-refractivity contribution in [2.75, 3.05) is 13.2 Å². The van der Waals surface area contributed by atoms with Gasteiger partial charge in [0, 0.05) is 11.1 Å². The van der Waals surface area contributed by atoms with E-state index in [-0.39, 0.29) is 0 Å². The van der Waals surface area contributed by atoms with Crippen molar-refractivity contribution in [3.8, 4) is 34.3 Å². The number of hydrogen-bond donors (Lipinski definition) is 0. The van der Waals surface area contributed by atoms with Gasteiger partial charge in [0.15, 0.2) is 0 Å². The molecule has 2 aromatic carbocycles. The first kappa shape index (κ1) is 19.9. The molecule has 3 rings (SSSR count). The maximum absolute atomic E-state index is 6.03. The molecule has 0 saturated carbocycles. The highest BCUT2D eigenvalue weighted by molar-refractivity contribution is 5.74. The molecule has 0 fully saturated rings. The Morgan fingerprint density at radius 3 is 1.39 bits per heavy atom. The predicted octanol–water partition coefficient (Wildman–Crippen LogP) is 6.01. The largest absolute Gasteiger partial charge is 0.476 e. The van der Waals surface area contributed by atoms with Gasteiger partial charge >= 0.3 is 0 Å². The molecule has 0 radical (unpaired) electrons. The lowest BCUT2D eigenvalue weighted by atomic mass is 10.0. The molecule has 0 N–H and O–H groups in total. The lowest BCUT2D eigenvalue weighted by Gasteiger charge is -2.17. The topological polar surface area (TPSA) is 44.2 Å². The molecule has 0 aliphatic carbocycles. The van der Waals surface area contributed by atoms with Gasteiger partial charge in [0.25, 0.3) is 0 Å². The van der Waals surface area contributed by atoms with Crippen molar-refractivity contribution in [2.45, 2.75) is 40.5 Å². The predicted molar refractivity (Wildman–Crippen MR) is 114 cm³/mol. The smallest absolute Gasteiger partial charge is 0.241 e. The first-order valence-electron chi connectivity index (χ1n) is 9.95. The van der Waals surface area contributed by atoms with Crippen molar-refractivity contribution in [3.05, 3.63) is 59.7 Å². The summed E-state index contributed by atoms with van der Waals surface area (Å²) < 4.78 is 12.1. The SMILES string of the molecule is CCCOc1nc(-c2ccccc2C)c(OCCC)nc1-c1ccccc1C. The van der Waals surface area contributed by atoms with Crippen LogP contribution in [-0.2, 0) is 0 Å². The summed E-state index contributed by atoms with van der Waals surface area (Å²) >= 11 is 0. The molecule has 0 aliphatic rings. The molecular formula is C24H28N2O2. The maximum Gasteiger partial charge on any atom is 0.241 e. The summed E-state index contributed by atoms with van der Waals surface area (Å²) in [5.74, 6) is 1.11. The molecule has 0 spiro atoms. The third-order valence-electron chi connectivity index (χ3n) is 4.52. The van der Waals surface area contributed by atoms with Crippen molar-refractivity contribution in [3.63, 3.8) is 0 Å². The van der Waals surface area contributed by atoms with Gasteiger partial charge in [-0.15, -0.1) is 0 Å². The van der Waals surface area contributed by atoms with Crippen LogP contribution < -0.4 is 9.47 Å². The standard InChI is InChI=1S/C24H28N2O2/c1-5-15-27-23-21(19-13-9-7-11-17(19)3)26-24(28-16-6-2)22(25-23)20-14-10-8-12-18(20)4/h7-14H,5-6,15-16H2,1-4H3. The Bertz CT molecular complexity index is 860. The summed E-state index contributed by atoms with van der Waals surface area (Å²) in [4.78, 5) is 9.80. The Kier molecular flexibility index (Phi) is 6.64. The molecule has 4 nitrogen and oxygen atoms in total. The monoisotopic (exact) mass is 376 g/mol. The highest BCUT2D eigenvalue weighted by Crippen LogP contribution is 2.37.